The highest BCUT2D eigenvalue weighted by molar-refractivity contribution is 6.31. The first-order valence-corrected chi connectivity index (χ1v) is 5.10. The fraction of sp³-hybridized carbons (Fsp3) is 0. The highest BCUT2D eigenvalue weighted by Crippen LogP contribution is 2.22. The molecule has 1 heterocycles. The minimum absolute atomic E-state index is 0.0863. The molecule has 0 saturated heterocycles. The minimum atomic E-state index is -0.495. The number of rotatable bonds is 2. The first-order valence-electron chi connectivity index (χ1n) is 4.72. The summed E-state index contributed by atoms with van der Waals surface area (Å²) in [4.78, 5) is 19.5. The summed E-state index contributed by atoms with van der Waals surface area (Å²) in [5.41, 5.74) is 0.0863. The summed E-state index contributed by atoms with van der Waals surface area (Å²) in [7, 11) is 0. The highest BCUT2D eigenvalue weighted by atomic mass is 35.5. The lowest BCUT2D eigenvalue weighted by Crippen LogP contribution is -2.13. The molecule has 0 fully saturated rings. The largest absolute Gasteiger partial charge is 0.507 e. The summed E-state index contributed by atoms with van der Waals surface area (Å²) in [5.74, 6) is -0.335. The first-order chi connectivity index (χ1) is 8.16. The normalized spacial score (nSPS) is 9.94. The number of phenols is 1. The molecule has 0 aliphatic heterocycles. The highest BCUT2D eigenvalue weighted by Gasteiger charge is 2.12. The maximum absolute atomic E-state index is 11.8. The number of benzene rings is 1. The second kappa shape index (κ2) is 4.80. The Morgan fingerprint density at radius 3 is 2.88 bits per heavy atom. The molecule has 0 aliphatic carbocycles. The second-order valence-electron chi connectivity index (χ2n) is 3.21. The summed E-state index contributed by atoms with van der Waals surface area (Å²) in [6.07, 6.45) is 4.35. The first kappa shape index (κ1) is 11.3. The smallest absolute Gasteiger partial charge is 0.260 e. The molecule has 0 aliphatic rings. The van der Waals surface area contributed by atoms with Crippen molar-refractivity contribution < 1.29 is 9.90 Å². The van der Waals surface area contributed by atoms with Gasteiger partial charge in [0.1, 0.15) is 5.75 Å². The van der Waals surface area contributed by atoms with Crippen molar-refractivity contribution in [2.75, 3.05) is 5.32 Å². The number of phenolic OH excluding ortho intramolecular Hbond substituents is 1. The molecule has 2 N–H and O–H groups in total. The van der Waals surface area contributed by atoms with E-state index in [4.69, 9.17) is 11.6 Å². The van der Waals surface area contributed by atoms with Crippen molar-refractivity contribution in [1.29, 1.82) is 0 Å². The Balaban J connectivity index is 2.23. The standard InChI is InChI=1S/C11H8ClN3O2/c12-7-1-2-9(16)8(5-7)11(17)15-10-6-13-3-4-14-10/h1-6,16H,(H,14,15,17). The van der Waals surface area contributed by atoms with Crippen molar-refractivity contribution in [2.24, 2.45) is 0 Å². The van der Waals surface area contributed by atoms with Gasteiger partial charge in [0.2, 0.25) is 0 Å². The fourth-order valence-corrected chi connectivity index (χ4v) is 1.41. The minimum Gasteiger partial charge on any atom is -0.507 e. The lowest BCUT2D eigenvalue weighted by atomic mass is 10.2. The Hall–Kier alpha value is -2.14. The summed E-state index contributed by atoms with van der Waals surface area (Å²) in [5, 5.41) is 12.4. The van der Waals surface area contributed by atoms with E-state index in [2.05, 4.69) is 15.3 Å². The summed E-state index contributed by atoms with van der Waals surface area (Å²) < 4.78 is 0. The zero-order chi connectivity index (χ0) is 12.3. The third kappa shape index (κ3) is 2.70. The van der Waals surface area contributed by atoms with Crippen LogP contribution in [0.15, 0.2) is 36.8 Å². The average Bonchev–Trinajstić information content (AvgIpc) is 2.33. The number of anilines is 1. The van der Waals surface area contributed by atoms with E-state index in [1.165, 1.54) is 36.8 Å². The van der Waals surface area contributed by atoms with E-state index in [9.17, 15) is 9.90 Å². The van der Waals surface area contributed by atoms with E-state index in [-0.39, 0.29) is 11.3 Å². The lowest BCUT2D eigenvalue weighted by molar-refractivity contribution is 0.102. The summed E-state index contributed by atoms with van der Waals surface area (Å²) >= 11 is 5.74. The van der Waals surface area contributed by atoms with E-state index in [0.717, 1.165) is 0 Å². The van der Waals surface area contributed by atoms with E-state index < -0.39 is 5.91 Å². The number of carbonyl (C=O) groups is 1. The monoisotopic (exact) mass is 249 g/mol. The average molecular weight is 250 g/mol. The second-order valence-corrected chi connectivity index (χ2v) is 3.64. The van der Waals surface area contributed by atoms with Gasteiger partial charge in [-0.2, -0.15) is 0 Å². The molecule has 5 nitrogen and oxygen atoms in total. The summed E-state index contributed by atoms with van der Waals surface area (Å²) in [6, 6.07) is 4.23. The van der Waals surface area contributed by atoms with Crippen molar-refractivity contribution in [3.05, 3.63) is 47.4 Å². The number of aromatic nitrogens is 2. The van der Waals surface area contributed by atoms with Gasteiger partial charge in [0, 0.05) is 17.4 Å². The van der Waals surface area contributed by atoms with E-state index in [1.54, 1.807) is 0 Å². The maximum Gasteiger partial charge on any atom is 0.260 e. The molecule has 6 heteroatoms. The number of amides is 1. The molecule has 0 radical (unpaired) electrons. The molecule has 1 amide bonds. The van der Waals surface area contributed by atoms with Crippen molar-refractivity contribution in [3.63, 3.8) is 0 Å². The van der Waals surface area contributed by atoms with Crippen LogP contribution in [0.5, 0.6) is 5.75 Å². The van der Waals surface area contributed by atoms with Crippen LogP contribution in [-0.4, -0.2) is 21.0 Å². The predicted molar refractivity (Wildman–Crippen MR) is 63.1 cm³/mol. The zero-order valence-electron chi connectivity index (χ0n) is 8.59. The van der Waals surface area contributed by atoms with Crippen molar-refractivity contribution in [1.82, 2.24) is 9.97 Å². The molecule has 0 unspecified atom stereocenters. The van der Waals surface area contributed by atoms with Gasteiger partial charge in [-0.15, -0.1) is 0 Å². The summed E-state index contributed by atoms with van der Waals surface area (Å²) in [6.45, 7) is 0. The molecule has 1 aromatic carbocycles. The maximum atomic E-state index is 11.8. The third-order valence-corrected chi connectivity index (χ3v) is 2.24. The Kier molecular flexibility index (Phi) is 3.20. The number of hydrogen-bond acceptors (Lipinski definition) is 4. The molecule has 0 spiro atoms. The molecule has 17 heavy (non-hydrogen) atoms. The van der Waals surface area contributed by atoms with Crippen LogP contribution in [0.25, 0.3) is 0 Å². The molecule has 1 aromatic heterocycles. The van der Waals surface area contributed by atoms with Crippen molar-refractivity contribution in [3.8, 4) is 5.75 Å². The van der Waals surface area contributed by atoms with Crippen LogP contribution in [-0.2, 0) is 0 Å². The number of nitrogens with one attached hydrogen (secondary N) is 1. The molecular weight excluding hydrogens is 242 g/mol. The van der Waals surface area contributed by atoms with Gasteiger partial charge in [0.05, 0.1) is 11.8 Å². The Morgan fingerprint density at radius 1 is 1.35 bits per heavy atom. The van der Waals surface area contributed by atoms with Crippen LogP contribution in [0.3, 0.4) is 0 Å². The van der Waals surface area contributed by atoms with E-state index in [0.29, 0.717) is 10.8 Å². The molecule has 86 valence electrons. The van der Waals surface area contributed by atoms with Gasteiger partial charge in [-0.1, -0.05) is 11.6 Å². The third-order valence-electron chi connectivity index (χ3n) is 2.01. The van der Waals surface area contributed by atoms with Gasteiger partial charge in [-0.3, -0.25) is 9.78 Å². The lowest BCUT2D eigenvalue weighted by Gasteiger charge is -2.05. The Labute approximate surface area is 102 Å². The van der Waals surface area contributed by atoms with Crippen molar-refractivity contribution >= 4 is 23.3 Å². The number of halogens is 1. The van der Waals surface area contributed by atoms with Gasteiger partial charge in [0.25, 0.3) is 5.91 Å². The molecule has 0 saturated carbocycles. The van der Waals surface area contributed by atoms with Gasteiger partial charge < -0.3 is 10.4 Å². The topological polar surface area (TPSA) is 75.1 Å². The molecule has 2 aromatic rings. The number of nitrogens with zero attached hydrogens (tertiary/aromatic N) is 2. The van der Waals surface area contributed by atoms with Crippen LogP contribution >= 0.6 is 11.6 Å². The van der Waals surface area contributed by atoms with Crippen LogP contribution in [0.1, 0.15) is 10.4 Å². The molecule has 0 atom stereocenters. The Morgan fingerprint density at radius 2 is 2.18 bits per heavy atom. The van der Waals surface area contributed by atoms with E-state index >= 15 is 0 Å². The Bertz CT molecular complexity index is 546. The zero-order valence-corrected chi connectivity index (χ0v) is 9.35. The SMILES string of the molecule is O=C(Nc1cnccn1)c1cc(Cl)ccc1O. The number of hydrogen-bond donors (Lipinski definition) is 2. The quantitative estimate of drug-likeness (QED) is 0.855. The predicted octanol–water partition coefficient (Wildman–Crippen LogP) is 2.09. The van der Waals surface area contributed by atoms with Crippen LogP contribution < -0.4 is 5.32 Å². The van der Waals surface area contributed by atoms with Gasteiger partial charge in [0.15, 0.2) is 5.82 Å². The van der Waals surface area contributed by atoms with Gasteiger partial charge >= 0.3 is 0 Å². The fourth-order valence-electron chi connectivity index (χ4n) is 1.24. The van der Waals surface area contributed by atoms with Gasteiger partial charge in [-0.25, -0.2) is 4.98 Å². The van der Waals surface area contributed by atoms with Crippen LogP contribution in [0.2, 0.25) is 5.02 Å². The number of carbonyl (C=O) groups excluding carboxylic acids is 1. The molecule has 0 bridgehead atoms. The number of aromatic hydroxyl groups is 1. The van der Waals surface area contributed by atoms with E-state index in [1.807, 2.05) is 0 Å². The molecular formula is C11H8ClN3O2. The molecule has 2 rings (SSSR count). The van der Waals surface area contributed by atoms with Crippen LogP contribution in [0.4, 0.5) is 5.82 Å². The van der Waals surface area contributed by atoms with Gasteiger partial charge in [-0.05, 0) is 18.2 Å². The van der Waals surface area contributed by atoms with Crippen molar-refractivity contribution in [2.45, 2.75) is 0 Å². The van der Waals surface area contributed by atoms with Crippen LogP contribution in [0, 0.1) is 0 Å².